The number of carboxylic acids is 1. The molecule has 4 rings (SSSR count). The average molecular weight is 477 g/mol. The van der Waals surface area contributed by atoms with Crippen LogP contribution in [0.4, 0.5) is 4.79 Å². The second-order valence-electron chi connectivity index (χ2n) is 9.53. The number of aliphatic carboxylic acids is 1. The number of hydrogen-bond donors (Lipinski definition) is 3. The smallest absolute Gasteiger partial charge is 0.407 e. The standard InChI is InChI=1S/C28H32N2O5/c1-2-3-13-24(26(33)29-18-28(14-8-15-28)16-25(31)32)30-27(34)35-17-23-21-11-6-4-9-19(21)20-10-5-7-12-22(20)23/h2,4-7,9-12,23-24H,1,3,8,13-18H2,(H,29,33)(H,30,34)(H,31,32). The van der Waals surface area contributed by atoms with Crippen LogP contribution >= 0.6 is 0 Å². The van der Waals surface area contributed by atoms with Crippen molar-refractivity contribution >= 4 is 18.0 Å². The number of nitrogens with one attached hydrogen (secondary N) is 2. The molecule has 2 aromatic rings. The van der Waals surface area contributed by atoms with E-state index in [0.717, 1.165) is 41.5 Å². The summed E-state index contributed by atoms with van der Waals surface area (Å²) in [5.74, 6) is -1.26. The number of carboxylic acid groups (broad SMARTS) is 1. The molecule has 0 aromatic heterocycles. The Morgan fingerprint density at radius 1 is 1.09 bits per heavy atom. The second-order valence-corrected chi connectivity index (χ2v) is 9.53. The topological polar surface area (TPSA) is 105 Å². The fourth-order valence-corrected chi connectivity index (χ4v) is 5.15. The molecule has 7 heteroatoms. The highest BCUT2D eigenvalue weighted by atomic mass is 16.5. The fourth-order valence-electron chi connectivity index (χ4n) is 5.15. The molecular weight excluding hydrogens is 444 g/mol. The van der Waals surface area contributed by atoms with Crippen LogP contribution in [0.2, 0.25) is 0 Å². The van der Waals surface area contributed by atoms with Crippen molar-refractivity contribution in [3.05, 3.63) is 72.3 Å². The van der Waals surface area contributed by atoms with Gasteiger partial charge in [0.15, 0.2) is 0 Å². The summed E-state index contributed by atoms with van der Waals surface area (Å²) in [5, 5.41) is 14.8. The molecule has 2 amide bonds. The van der Waals surface area contributed by atoms with E-state index in [4.69, 9.17) is 4.74 Å². The van der Waals surface area contributed by atoms with Crippen LogP contribution in [0.1, 0.15) is 55.6 Å². The van der Waals surface area contributed by atoms with Gasteiger partial charge in [-0.3, -0.25) is 9.59 Å². The Kier molecular flexibility index (Phi) is 7.54. The lowest BCUT2D eigenvalue weighted by Crippen LogP contribution is -2.51. The van der Waals surface area contributed by atoms with Gasteiger partial charge in [-0.15, -0.1) is 6.58 Å². The number of alkyl carbamates (subject to hydrolysis) is 1. The van der Waals surface area contributed by atoms with Gasteiger partial charge in [0.05, 0.1) is 6.42 Å². The zero-order valence-electron chi connectivity index (χ0n) is 19.8. The number of fused-ring (bicyclic) bond motifs is 3. The van der Waals surface area contributed by atoms with Gasteiger partial charge in [0.2, 0.25) is 5.91 Å². The molecule has 0 spiro atoms. The van der Waals surface area contributed by atoms with E-state index in [1.165, 1.54) is 0 Å². The lowest BCUT2D eigenvalue weighted by Gasteiger charge is -2.41. The molecular formula is C28H32N2O5. The summed E-state index contributed by atoms with van der Waals surface area (Å²) < 4.78 is 5.60. The largest absolute Gasteiger partial charge is 0.481 e. The van der Waals surface area contributed by atoms with Crippen molar-refractivity contribution < 1.29 is 24.2 Å². The minimum absolute atomic E-state index is 0.0322. The van der Waals surface area contributed by atoms with Gasteiger partial charge < -0.3 is 20.5 Å². The summed E-state index contributed by atoms with van der Waals surface area (Å²) in [4.78, 5) is 36.8. The van der Waals surface area contributed by atoms with Crippen molar-refractivity contribution in [1.29, 1.82) is 0 Å². The van der Waals surface area contributed by atoms with Crippen molar-refractivity contribution in [3.8, 4) is 11.1 Å². The number of carbonyl (C=O) groups is 3. The van der Waals surface area contributed by atoms with Gasteiger partial charge in [0, 0.05) is 12.5 Å². The second kappa shape index (κ2) is 10.8. The Hall–Kier alpha value is -3.61. The maximum absolute atomic E-state index is 12.9. The van der Waals surface area contributed by atoms with E-state index < -0.39 is 23.5 Å². The number of carbonyl (C=O) groups excluding carboxylic acids is 2. The van der Waals surface area contributed by atoms with Gasteiger partial charge in [-0.1, -0.05) is 61.0 Å². The number of ether oxygens (including phenoxy) is 1. The first-order valence-electron chi connectivity index (χ1n) is 12.1. The number of amides is 2. The summed E-state index contributed by atoms with van der Waals surface area (Å²) in [6, 6.07) is 15.4. The molecule has 2 aromatic carbocycles. The van der Waals surface area contributed by atoms with E-state index >= 15 is 0 Å². The molecule has 1 fully saturated rings. The first kappa shape index (κ1) is 24.5. The lowest BCUT2D eigenvalue weighted by molar-refractivity contribution is -0.142. The van der Waals surface area contributed by atoms with Crippen LogP contribution in [0.15, 0.2) is 61.2 Å². The van der Waals surface area contributed by atoms with E-state index in [9.17, 15) is 19.5 Å². The minimum Gasteiger partial charge on any atom is -0.481 e. The fraction of sp³-hybridized carbons (Fsp3) is 0.393. The molecule has 0 radical (unpaired) electrons. The van der Waals surface area contributed by atoms with E-state index in [2.05, 4.69) is 41.5 Å². The van der Waals surface area contributed by atoms with Crippen molar-refractivity contribution in [3.63, 3.8) is 0 Å². The number of hydrogen-bond acceptors (Lipinski definition) is 4. The van der Waals surface area contributed by atoms with E-state index in [1.807, 2.05) is 24.3 Å². The Balaban J connectivity index is 1.36. The molecule has 0 aliphatic heterocycles. The quantitative estimate of drug-likeness (QED) is 0.411. The molecule has 0 bridgehead atoms. The zero-order valence-corrected chi connectivity index (χ0v) is 19.8. The Morgan fingerprint density at radius 3 is 2.26 bits per heavy atom. The van der Waals surface area contributed by atoms with Gasteiger partial charge in [-0.2, -0.15) is 0 Å². The van der Waals surface area contributed by atoms with Gasteiger partial charge in [0.1, 0.15) is 12.6 Å². The molecule has 3 N–H and O–H groups in total. The predicted octanol–water partition coefficient (Wildman–Crippen LogP) is 4.62. The van der Waals surface area contributed by atoms with Crippen LogP contribution in [0.5, 0.6) is 0 Å². The van der Waals surface area contributed by atoms with Crippen LogP contribution in [0.25, 0.3) is 11.1 Å². The third-order valence-electron chi connectivity index (χ3n) is 7.19. The van der Waals surface area contributed by atoms with Gasteiger partial charge in [-0.25, -0.2) is 4.79 Å². The molecule has 1 atom stereocenters. The summed E-state index contributed by atoms with van der Waals surface area (Å²) >= 11 is 0. The minimum atomic E-state index is -0.862. The van der Waals surface area contributed by atoms with Crippen molar-refractivity contribution in [1.82, 2.24) is 10.6 Å². The summed E-state index contributed by atoms with van der Waals surface area (Å²) in [7, 11) is 0. The SMILES string of the molecule is C=CCCC(NC(=O)OCC1c2ccccc2-c2ccccc21)C(=O)NCC1(CC(=O)O)CCC1. The highest BCUT2D eigenvalue weighted by molar-refractivity contribution is 5.86. The van der Waals surface area contributed by atoms with Crippen LogP contribution in [-0.4, -0.2) is 42.3 Å². The van der Waals surface area contributed by atoms with Crippen molar-refractivity contribution in [2.24, 2.45) is 5.41 Å². The number of rotatable bonds is 11. The monoisotopic (exact) mass is 476 g/mol. The third-order valence-corrected chi connectivity index (χ3v) is 7.19. The summed E-state index contributed by atoms with van der Waals surface area (Å²) in [6.45, 7) is 4.15. The lowest BCUT2D eigenvalue weighted by atomic mass is 9.66. The Labute approximate surface area is 205 Å². The molecule has 2 aliphatic carbocycles. The van der Waals surface area contributed by atoms with E-state index in [1.54, 1.807) is 6.08 Å². The van der Waals surface area contributed by atoms with Crippen molar-refractivity contribution in [2.45, 2.75) is 50.5 Å². The maximum atomic E-state index is 12.9. The first-order valence-corrected chi connectivity index (χ1v) is 12.1. The summed E-state index contributed by atoms with van der Waals surface area (Å²) in [5.41, 5.74) is 4.13. The normalized spacial score (nSPS) is 16.2. The van der Waals surface area contributed by atoms with Gasteiger partial charge >= 0.3 is 12.1 Å². The third kappa shape index (κ3) is 5.56. The number of allylic oxidation sites excluding steroid dienone is 1. The molecule has 184 valence electrons. The average Bonchev–Trinajstić information content (AvgIpc) is 3.15. The molecule has 0 saturated heterocycles. The van der Waals surface area contributed by atoms with Gasteiger partial charge in [0.25, 0.3) is 0 Å². The molecule has 35 heavy (non-hydrogen) atoms. The van der Waals surface area contributed by atoms with Crippen LogP contribution < -0.4 is 10.6 Å². The molecule has 1 saturated carbocycles. The number of benzene rings is 2. The molecule has 7 nitrogen and oxygen atoms in total. The van der Waals surface area contributed by atoms with Crippen LogP contribution in [-0.2, 0) is 14.3 Å². The predicted molar refractivity (Wildman–Crippen MR) is 133 cm³/mol. The highest BCUT2D eigenvalue weighted by Crippen LogP contribution is 2.45. The highest BCUT2D eigenvalue weighted by Gasteiger charge is 2.39. The summed E-state index contributed by atoms with van der Waals surface area (Å²) in [6.07, 6.45) is 4.50. The molecule has 2 aliphatic rings. The molecule has 0 heterocycles. The van der Waals surface area contributed by atoms with Crippen LogP contribution in [0, 0.1) is 5.41 Å². The van der Waals surface area contributed by atoms with E-state index in [0.29, 0.717) is 12.8 Å². The first-order chi connectivity index (χ1) is 16.9. The van der Waals surface area contributed by atoms with Crippen molar-refractivity contribution in [2.75, 3.05) is 13.2 Å². The Morgan fingerprint density at radius 2 is 1.71 bits per heavy atom. The maximum Gasteiger partial charge on any atom is 0.407 e. The van der Waals surface area contributed by atoms with Gasteiger partial charge in [-0.05, 0) is 53.4 Å². The zero-order chi connectivity index (χ0) is 24.8. The van der Waals surface area contributed by atoms with E-state index in [-0.39, 0.29) is 31.4 Å². The Bertz CT molecular complexity index is 1060. The molecule has 1 unspecified atom stereocenters. The van der Waals surface area contributed by atoms with Crippen LogP contribution in [0.3, 0.4) is 0 Å².